The highest BCUT2D eigenvalue weighted by atomic mass is 16.2. The first-order valence-electron chi connectivity index (χ1n) is 6.35. The smallest absolute Gasteiger partial charge is 0.222 e. The van der Waals surface area contributed by atoms with E-state index in [0.717, 1.165) is 38.0 Å². The van der Waals surface area contributed by atoms with Crippen LogP contribution in [0.4, 0.5) is 5.69 Å². The van der Waals surface area contributed by atoms with Crippen molar-refractivity contribution >= 4 is 11.6 Å². The molecule has 0 radical (unpaired) electrons. The predicted octanol–water partition coefficient (Wildman–Crippen LogP) is 2.34. The second-order valence-corrected chi connectivity index (χ2v) is 4.70. The summed E-state index contributed by atoms with van der Waals surface area (Å²) < 4.78 is 0. The van der Waals surface area contributed by atoms with Crippen molar-refractivity contribution in [1.29, 1.82) is 0 Å². The van der Waals surface area contributed by atoms with Crippen molar-refractivity contribution in [3.63, 3.8) is 0 Å². The van der Waals surface area contributed by atoms with Gasteiger partial charge in [-0.3, -0.25) is 4.79 Å². The lowest BCUT2D eigenvalue weighted by Gasteiger charge is -2.29. The topological polar surface area (TPSA) is 46.3 Å². The Kier molecular flexibility index (Phi) is 3.67. The van der Waals surface area contributed by atoms with Gasteiger partial charge in [-0.1, -0.05) is 19.4 Å². The first kappa shape index (κ1) is 12.0. The van der Waals surface area contributed by atoms with Gasteiger partial charge in [0.2, 0.25) is 5.91 Å². The third-order valence-electron chi connectivity index (χ3n) is 3.34. The van der Waals surface area contributed by atoms with E-state index >= 15 is 0 Å². The molecule has 1 heterocycles. The minimum Gasteiger partial charge on any atom is -0.399 e. The number of amides is 1. The summed E-state index contributed by atoms with van der Waals surface area (Å²) in [6, 6.07) is 5.99. The molecule has 0 aromatic heterocycles. The number of anilines is 1. The van der Waals surface area contributed by atoms with E-state index in [1.54, 1.807) is 0 Å². The summed E-state index contributed by atoms with van der Waals surface area (Å²) in [5.41, 5.74) is 9.12. The van der Waals surface area contributed by atoms with Crippen LogP contribution in [0, 0.1) is 0 Å². The minimum absolute atomic E-state index is 0.286. The Morgan fingerprint density at radius 3 is 3.00 bits per heavy atom. The lowest BCUT2D eigenvalue weighted by molar-refractivity contribution is -0.132. The van der Waals surface area contributed by atoms with Crippen LogP contribution in [-0.2, 0) is 17.8 Å². The average molecular weight is 232 g/mol. The van der Waals surface area contributed by atoms with Crippen LogP contribution in [0.3, 0.4) is 0 Å². The van der Waals surface area contributed by atoms with Crippen molar-refractivity contribution in [2.75, 3.05) is 12.3 Å². The van der Waals surface area contributed by atoms with Crippen LogP contribution in [0.1, 0.15) is 37.3 Å². The molecule has 0 unspecified atom stereocenters. The molecule has 0 aliphatic carbocycles. The molecule has 2 rings (SSSR count). The van der Waals surface area contributed by atoms with E-state index in [1.165, 1.54) is 11.1 Å². The van der Waals surface area contributed by atoms with Gasteiger partial charge < -0.3 is 10.6 Å². The van der Waals surface area contributed by atoms with E-state index in [4.69, 9.17) is 5.73 Å². The molecule has 1 aliphatic rings. The molecule has 17 heavy (non-hydrogen) atoms. The van der Waals surface area contributed by atoms with E-state index in [-0.39, 0.29) is 5.91 Å². The molecule has 0 saturated heterocycles. The Hall–Kier alpha value is -1.51. The third kappa shape index (κ3) is 2.78. The maximum atomic E-state index is 11.9. The molecule has 0 bridgehead atoms. The zero-order valence-corrected chi connectivity index (χ0v) is 10.4. The largest absolute Gasteiger partial charge is 0.399 e. The van der Waals surface area contributed by atoms with Gasteiger partial charge in [0, 0.05) is 25.2 Å². The highest BCUT2D eigenvalue weighted by Crippen LogP contribution is 2.21. The van der Waals surface area contributed by atoms with Gasteiger partial charge in [0.1, 0.15) is 0 Å². The molecular weight excluding hydrogens is 212 g/mol. The summed E-state index contributed by atoms with van der Waals surface area (Å²) in [5.74, 6) is 0.286. The Labute approximate surface area is 103 Å². The van der Waals surface area contributed by atoms with Gasteiger partial charge in [0.05, 0.1) is 0 Å². The highest BCUT2D eigenvalue weighted by molar-refractivity contribution is 5.76. The summed E-state index contributed by atoms with van der Waals surface area (Å²) in [5, 5.41) is 0. The molecule has 1 aromatic carbocycles. The summed E-state index contributed by atoms with van der Waals surface area (Å²) in [6.45, 7) is 3.69. The van der Waals surface area contributed by atoms with Crippen LogP contribution < -0.4 is 5.73 Å². The van der Waals surface area contributed by atoms with Crippen molar-refractivity contribution in [2.24, 2.45) is 0 Å². The fraction of sp³-hybridized carbons (Fsp3) is 0.500. The summed E-state index contributed by atoms with van der Waals surface area (Å²) in [7, 11) is 0. The number of fused-ring (bicyclic) bond motifs is 1. The fourth-order valence-corrected chi connectivity index (χ4v) is 2.27. The van der Waals surface area contributed by atoms with Gasteiger partial charge in [-0.15, -0.1) is 0 Å². The molecule has 2 N–H and O–H groups in total. The molecule has 0 atom stereocenters. The Morgan fingerprint density at radius 1 is 1.41 bits per heavy atom. The van der Waals surface area contributed by atoms with Crippen LogP contribution >= 0.6 is 0 Å². The zero-order chi connectivity index (χ0) is 12.3. The molecule has 1 aliphatic heterocycles. The molecule has 0 saturated carbocycles. The fourth-order valence-electron chi connectivity index (χ4n) is 2.27. The van der Waals surface area contributed by atoms with Gasteiger partial charge in [0.25, 0.3) is 0 Å². The number of carbonyl (C=O) groups is 1. The number of carbonyl (C=O) groups excluding carboxylic acids is 1. The second-order valence-electron chi connectivity index (χ2n) is 4.70. The zero-order valence-electron chi connectivity index (χ0n) is 10.4. The summed E-state index contributed by atoms with van der Waals surface area (Å²) in [6.07, 6.45) is 3.68. The number of hydrogen-bond acceptors (Lipinski definition) is 2. The monoisotopic (exact) mass is 232 g/mol. The van der Waals surface area contributed by atoms with Crippen molar-refractivity contribution in [2.45, 2.75) is 39.2 Å². The number of nitrogen functional groups attached to an aromatic ring is 1. The standard InChI is InChI=1S/C14H20N2O/c1-2-3-4-14(17)16-8-7-11-9-13(15)6-5-12(11)10-16/h5-6,9H,2-4,7-8,10,15H2,1H3. The van der Waals surface area contributed by atoms with Gasteiger partial charge in [-0.25, -0.2) is 0 Å². The van der Waals surface area contributed by atoms with E-state index < -0.39 is 0 Å². The van der Waals surface area contributed by atoms with Crippen LogP contribution in [0.25, 0.3) is 0 Å². The van der Waals surface area contributed by atoms with Crippen LogP contribution in [0.5, 0.6) is 0 Å². The summed E-state index contributed by atoms with van der Waals surface area (Å²) >= 11 is 0. The quantitative estimate of drug-likeness (QED) is 0.813. The first-order chi connectivity index (χ1) is 8.20. The maximum Gasteiger partial charge on any atom is 0.222 e. The van der Waals surface area contributed by atoms with E-state index in [2.05, 4.69) is 6.92 Å². The molecular formula is C14H20N2O. The number of benzene rings is 1. The predicted molar refractivity (Wildman–Crippen MR) is 69.5 cm³/mol. The molecule has 0 spiro atoms. The number of hydrogen-bond donors (Lipinski definition) is 1. The minimum atomic E-state index is 0.286. The van der Waals surface area contributed by atoms with Crippen molar-refractivity contribution < 1.29 is 4.79 Å². The third-order valence-corrected chi connectivity index (χ3v) is 3.34. The molecule has 92 valence electrons. The van der Waals surface area contributed by atoms with Crippen molar-refractivity contribution in [3.05, 3.63) is 29.3 Å². The molecule has 3 nitrogen and oxygen atoms in total. The van der Waals surface area contributed by atoms with Gasteiger partial charge in [-0.05, 0) is 36.1 Å². The number of unbranched alkanes of at least 4 members (excludes halogenated alkanes) is 1. The van der Waals surface area contributed by atoms with E-state index in [1.807, 2.05) is 23.1 Å². The lowest BCUT2D eigenvalue weighted by atomic mass is 9.99. The van der Waals surface area contributed by atoms with Crippen molar-refractivity contribution in [1.82, 2.24) is 4.90 Å². The lowest BCUT2D eigenvalue weighted by Crippen LogP contribution is -2.35. The normalized spacial score (nSPS) is 14.5. The Bertz CT molecular complexity index is 415. The van der Waals surface area contributed by atoms with E-state index in [0.29, 0.717) is 6.42 Å². The first-order valence-corrected chi connectivity index (χ1v) is 6.35. The van der Waals surface area contributed by atoms with Crippen LogP contribution in [-0.4, -0.2) is 17.4 Å². The molecule has 0 fully saturated rings. The SMILES string of the molecule is CCCCC(=O)N1CCc2cc(N)ccc2C1. The van der Waals surface area contributed by atoms with E-state index in [9.17, 15) is 4.79 Å². The Morgan fingerprint density at radius 2 is 2.24 bits per heavy atom. The molecule has 3 heteroatoms. The molecule has 1 aromatic rings. The average Bonchev–Trinajstić information content (AvgIpc) is 2.35. The Balaban J connectivity index is 2.03. The maximum absolute atomic E-state index is 11.9. The van der Waals surface area contributed by atoms with Gasteiger partial charge >= 0.3 is 0 Å². The summed E-state index contributed by atoms with van der Waals surface area (Å²) in [4.78, 5) is 13.9. The van der Waals surface area contributed by atoms with Crippen LogP contribution in [0.2, 0.25) is 0 Å². The number of nitrogens with zero attached hydrogens (tertiary/aromatic N) is 1. The second kappa shape index (κ2) is 5.21. The number of nitrogens with two attached hydrogens (primary N) is 1. The number of rotatable bonds is 3. The van der Waals surface area contributed by atoms with Gasteiger partial charge in [0.15, 0.2) is 0 Å². The van der Waals surface area contributed by atoms with Crippen molar-refractivity contribution in [3.8, 4) is 0 Å². The van der Waals surface area contributed by atoms with Gasteiger partial charge in [-0.2, -0.15) is 0 Å². The highest BCUT2D eigenvalue weighted by Gasteiger charge is 2.19. The molecule has 1 amide bonds. The van der Waals surface area contributed by atoms with Crippen LogP contribution in [0.15, 0.2) is 18.2 Å².